The van der Waals surface area contributed by atoms with Crippen LogP contribution in [0, 0.1) is 11.8 Å². The van der Waals surface area contributed by atoms with Crippen LogP contribution in [-0.2, 0) is 4.74 Å². The van der Waals surface area contributed by atoms with Gasteiger partial charge in [0.05, 0.1) is 6.10 Å². The summed E-state index contributed by atoms with van der Waals surface area (Å²) in [7, 11) is 0. The SMILES string of the molecule is CC1CC[C@H](NC(=O)OC(C)(C)C)CC(O)[C@@H]1C. The van der Waals surface area contributed by atoms with E-state index in [9.17, 15) is 9.90 Å². The maximum absolute atomic E-state index is 11.7. The number of aliphatic hydroxyl groups excluding tert-OH is 1. The summed E-state index contributed by atoms with van der Waals surface area (Å²) in [6.07, 6.45) is 1.81. The Hall–Kier alpha value is -0.770. The molecule has 0 bridgehead atoms. The first-order chi connectivity index (χ1) is 8.19. The lowest BCUT2D eigenvalue weighted by Crippen LogP contribution is -2.40. The highest BCUT2D eigenvalue weighted by Gasteiger charge is 2.30. The molecule has 0 aromatic rings. The zero-order valence-electron chi connectivity index (χ0n) is 12.2. The number of hydrogen-bond acceptors (Lipinski definition) is 3. The Morgan fingerprint density at radius 2 is 1.89 bits per heavy atom. The fourth-order valence-corrected chi connectivity index (χ4v) is 2.34. The second-order valence-corrected chi connectivity index (χ2v) is 6.56. The monoisotopic (exact) mass is 257 g/mol. The molecule has 0 spiro atoms. The normalized spacial score (nSPS) is 33.7. The van der Waals surface area contributed by atoms with Crippen molar-refractivity contribution in [3.8, 4) is 0 Å². The Kier molecular flexibility index (Phi) is 5.02. The fourth-order valence-electron chi connectivity index (χ4n) is 2.34. The van der Waals surface area contributed by atoms with Gasteiger partial charge < -0.3 is 15.2 Å². The Balaban J connectivity index is 2.50. The minimum atomic E-state index is -0.478. The number of nitrogens with one attached hydrogen (secondary N) is 1. The van der Waals surface area contributed by atoms with E-state index in [0.717, 1.165) is 12.8 Å². The Labute approximate surface area is 110 Å². The third-order valence-electron chi connectivity index (χ3n) is 3.72. The van der Waals surface area contributed by atoms with Gasteiger partial charge in [0.1, 0.15) is 5.60 Å². The topological polar surface area (TPSA) is 58.6 Å². The summed E-state index contributed by atoms with van der Waals surface area (Å²) in [6, 6.07) is 0.0160. The third kappa shape index (κ3) is 4.84. The van der Waals surface area contributed by atoms with Crippen LogP contribution < -0.4 is 5.32 Å². The zero-order chi connectivity index (χ0) is 13.9. The van der Waals surface area contributed by atoms with E-state index in [1.807, 2.05) is 20.8 Å². The number of carbonyl (C=O) groups is 1. The van der Waals surface area contributed by atoms with Crippen LogP contribution in [0.1, 0.15) is 53.9 Å². The van der Waals surface area contributed by atoms with Crippen molar-refractivity contribution in [3.05, 3.63) is 0 Å². The van der Waals surface area contributed by atoms with Crippen molar-refractivity contribution >= 4 is 6.09 Å². The van der Waals surface area contributed by atoms with E-state index in [-0.39, 0.29) is 24.2 Å². The van der Waals surface area contributed by atoms with Gasteiger partial charge in [0, 0.05) is 6.04 Å². The van der Waals surface area contributed by atoms with Crippen molar-refractivity contribution in [1.82, 2.24) is 5.32 Å². The molecule has 4 atom stereocenters. The van der Waals surface area contributed by atoms with E-state index in [1.54, 1.807) is 0 Å². The molecule has 0 aliphatic heterocycles. The Morgan fingerprint density at radius 1 is 1.28 bits per heavy atom. The van der Waals surface area contributed by atoms with Crippen molar-refractivity contribution < 1.29 is 14.6 Å². The molecule has 106 valence electrons. The number of aliphatic hydroxyl groups is 1. The van der Waals surface area contributed by atoms with Crippen LogP contribution in [0.3, 0.4) is 0 Å². The van der Waals surface area contributed by atoms with Gasteiger partial charge in [-0.3, -0.25) is 0 Å². The van der Waals surface area contributed by atoms with Crippen LogP contribution in [0.5, 0.6) is 0 Å². The molecule has 1 rings (SSSR count). The molecule has 2 N–H and O–H groups in total. The minimum Gasteiger partial charge on any atom is -0.444 e. The zero-order valence-corrected chi connectivity index (χ0v) is 12.2. The van der Waals surface area contributed by atoms with Crippen molar-refractivity contribution in [2.75, 3.05) is 0 Å². The van der Waals surface area contributed by atoms with Gasteiger partial charge in [-0.15, -0.1) is 0 Å². The highest BCUT2D eigenvalue weighted by Crippen LogP contribution is 2.28. The van der Waals surface area contributed by atoms with Crippen LogP contribution in [-0.4, -0.2) is 28.9 Å². The summed E-state index contributed by atoms with van der Waals surface area (Å²) in [4.78, 5) is 11.7. The van der Waals surface area contributed by atoms with Gasteiger partial charge in [0.15, 0.2) is 0 Å². The quantitative estimate of drug-likeness (QED) is 0.710. The van der Waals surface area contributed by atoms with Gasteiger partial charge in [0.2, 0.25) is 0 Å². The molecule has 1 fully saturated rings. The largest absolute Gasteiger partial charge is 0.444 e. The van der Waals surface area contributed by atoms with Crippen molar-refractivity contribution in [2.24, 2.45) is 11.8 Å². The fraction of sp³-hybridized carbons (Fsp3) is 0.929. The third-order valence-corrected chi connectivity index (χ3v) is 3.72. The molecule has 1 saturated carbocycles. The van der Waals surface area contributed by atoms with Gasteiger partial charge >= 0.3 is 6.09 Å². The van der Waals surface area contributed by atoms with E-state index in [2.05, 4.69) is 19.2 Å². The number of ether oxygens (including phenoxy) is 1. The molecular formula is C14H27NO3. The standard InChI is InChI=1S/C14H27NO3/c1-9-6-7-11(8-12(16)10(9)2)15-13(17)18-14(3,4)5/h9-12,16H,6-8H2,1-5H3,(H,15,17)/t9?,10-,11+,12?/m1/s1. The molecule has 4 heteroatoms. The van der Waals surface area contributed by atoms with Gasteiger partial charge in [0.25, 0.3) is 0 Å². The summed E-state index contributed by atoms with van der Waals surface area (Å²) in [5.74, 6) is 0.779. The van der Waals surface area contributed by atoms with E-state index in [1.165, 1.54) is 0 Å². The maximum atomic E-state index is 11.7. The van der Waals surface area contributed by atoms with Crippen LogP contribution in [0.2, 0.25) is 0 Å². The molecule has 0 aromatic heterocycles. The lowest BCUT2D eigenvalue weighted by Gasteiger charge is -2.24. The molecule has 0 radical (unpaired) electrons. The number of amides is 1. The average Bonchev–Trinajstić information content (AvgIpc) is 2.30. The van der Waals surface area contributed by atoms with Gasteiger partial charge in [-0.25, -0.2) is 4.79 Å². The highest BCUT2D eigenvalue weighted by molar-refractivity contribution is 5.68. The number of rotatable bonds is 1. The molecule has 0 aromatic carbocycles. The Morgan fingerprint density at radius 3 is 2.44 bits per heavy atom. The van der Waals surface area contributed by atoms with Crippen molar-refractivity contribution in [3.63, 3.8) is 0 Å². The lowest BCUT2D eigenvalue weighted by molar-refractivity contribution is 0.0467. The molecule has 1 amide bonds. The molecule has 1 aliphatic rings. The van der Waals surface area contributed by atoms with Crippen LogP contribution in [0.4, 0.5) is 4.79 Å². The molecule has 2 unspecified atom stereocenters. The smallest absolute Gasteiger partial charge is 0.407 e. The first-order valence-electron chi connectivity index (χ1n) is 6.86. The van der Waals surface area contributed by atoms with E-state index >= 15 is 0 Å². The van der Waals surface area contributed by atoms with E-state index < -0.39 is 5.60 Å². The molecule has 0 saturated heterocycles. The second-order valence-electron chi connectivity index (χ2n) is 6.56. The van der Waals surface area contributed by atoms with Gasteiger partial charge in [-0.1, -0.05) is 13.8 Å². The predicted octanol–water partition coefficient (Wildman–Crippen LogP) is 2.70. The van der Waals surface area contributed by atoms with E-state index in [0.29, 0.717) is 12.3 Å². The molecule has 18 heavy (non-hydrogen) atoms. The number of carbonyl (C=O) groups excluding carboxylic acids is 1. The minimum absolute atomic E-state index is 0.0160. The first-order valence-corrected chi connectivity index (χ1v) is 6.86. The first kappa shape index (κ1) is 15.3. The second kappa shape index (κ2) is 5.91. The molecule has 0 heterocycles. The van der Waals surface area contributed by atoms with E-state index in [4.69, 9.17) is 4.74 Å². The maximum Gasteiger partial charge on any atom is 0.407 e. The summed E-state index contributed by atoms with van der Waals surface area (Å²) in [6.45, 7) is 9.77. The van der Waals surface area contributed by atoms with Crippen LogP contribution in [0.25, 0.3) is 0 Å². The van der Waals surface area contributed by atoms with Crippen LogP contribution in [0.15, 0.2) is 0 Å². The summed E-state index contributed by atoms with van der Waals surface area (Å²) in [5, 5.41) is 12.9. The Bertz CT molecular complexity index is 285. The lowest BCUT2D eigenvalue weighted by atomic mass is 9.90. The highest BCUT2D eigenvalue weighted by atomic mass is 16.6. The van der Waals surface area contributed by atoms with Crippen molar-refractivity contribution in [1.29, 1.82) is 0 Å². The summed E-state index contributed by atoms with van der Waals surface area (Å²) in [5.41, 5.74) is -0.478. The van der Waals surface area contributed by atoms with Crippen molar-refractivity contribution in [2.45, 2.75) is 71.6 Å². The van der Waals surface area contributed by atoms with Crippen LogP contribution >= 0.6 is 0 Å². The number of alkyl carbamates (subject to hydrolysis) is 1. The molecule has 4 nitrogen and oxygen atoms in total. The van der Waals surface area contributed by atoms with Gasteiger partial charge in [-0.05, 0) is 51.9 Å². The molecule has 1 aliphatic carbocycles. The molecular weight excluding hydrogens is 230 g/mol. The average molecular weight is 257 g/mol. The number of hydrogen-bond donors (Lipinski definition) is 2. The predicted molar refractivity (Wildman–Crippen MR) is 71.3 cm³/mol. The summed E-state index contributed by atoms with van der Waals surface area (Å²) >= 11 is 0. The summed E-state index contributed by atoms with van der Waals surface area (Å²) < 4.78 is 5.24. The van der Waals surface area contributed by atoms with Gasteiger partial charge in [-0.2, -0.15) is 0 Å².